The van der Waals surface area contributed by atoms with Crippen LogP contribution in [0.15, 0.2) is 18.5 Å². The highest BCUT2D eigenvalue weighted by molar-refractivity contribution is 6.56. The molecule has 2 aliphatic heterocycles. The summed E-state index contributed by atoms with van der Waals surface area (Å²) in [5, 5.41) is 18.3. The minimum absolute atomic E-state index is 0.0114. The molecule has 10 nitrogen and oxygen atoms in total. The number of nitriles is 1. The molecule has 168 valence electrons. The molecule has 0 saturated carbocycles. The van der Waals surface area contributed by atoms with Crippen molar-refractivity contribution in [1.29, 1.82) is 5.26 Å². The lowest BCUT2D eigenvalue weighted by atomic mass is 9.49. The van der Waals surface area contributed by atoms with Crippen molar-refractivity contribution in [2.24, 2.45) is 5.92 Å². The summed E-state index contributed by atoms with van der Waals surface area (Å²) in [6.45, 7) is 4.60. The number of hydrogen-bond donors (Lipinski definition) is 1. The maximum atomic E-state index is 9.77. The van der Waals surface area contributed by atoms with Crippen molar-refractivity contribution in [2.75, 3.05) is 31.7 Å². The molecule has 2 aliphatic rings. The Morgan fingerprint density at radius 1 is 1.27 bits per heavy atom. The molecule has 2 fully saturated rings. The van der Waals surface area contributed by atoms with Gasteiger partial charge in [-0.25, -0.2) is 4.98 Å². The Labute approximate surface area is 194 Å². The summed E-state index contributed by atoms with van der Waals surface area (Å²) in [5.41, 5.74) is 2.01. The van der Waals surface area contributed by atoms with Crippen LogP contribution in [0.5, 0.6) is 5.88 Å². The Hall–Kier alpha value is -2.97. The van der Waals surface area contributed by atoms with Gasteiger partial charge in [0.05, 0.1) is 26.0 Å². The highest BCUT2D eigenvalue weighted by Crippen LogP contribution is 2.33. The van der Waals surface area contributed by atoms with Crippen molar-refractivity contribution in [1.82, 2.24) is 24.3 Å². The van der Waals surface area contributed by atoms with Crippen LogP contribution in [-0.2, 0) is 14.7 Å². The molecule has 3 aromatic heterocycles. The third-order valence-electron chi connectivity index (χ3n) is 6.12. The number of fused-ring (bicyclic) bond motifs is 1. The number of hydrogen-bond acceptors (Lipinski definition) is 8. The van der Waals surface area contributed by atoms with Crippen molar-refractivity contribution in [2.45, 2.75) is 30.7 Å². The largest absolute Gasteiger partial charge is 0.467 e. The van der Waals surface area contributed by atoms with Crippen molar-refractivity contribution in [3.63, 3.8) is 0 Å². The SMILES string of the molecule is BC(B)(B)n1cc(Nc2ncc3cc(C#N)n(C4CCOC[C@H]4C)c3n2)c(OC2COC2)n1. The molecule has 1 N–H and O–H groups in total. The fourth-order valence-corrected chi connectivity index (χ4v) is 4.18. The van der Waals surface area contributed by atoms with E-state index in [1.165, 1.54) is 0 Å². The van der Waals surface area contributed by atoms with Gasteiger partial charge in [0.1, 0.15) is 52.7 Å². The lowest BCUT2D eigenvalue weighted by Crippen LogP contribution is -2.39. The Kier molecular flexibility index (Phi) is 5.58. The van der Waals surface area contributed by atoms with Crippen molar-refractivity contribution < 1.29 is 14.2 Å². The van der Waals surface area contributed by atoms with E-state index in [-0.39, 0.29) is 23.3 Å². The van der Waals surface area contributed by atoms with Gasteiger partial charge in [0.15, 0.2) is 0 Å². The highest BCUT2D eigenvalue weighted by Gasteiger charge is 2.29. The summed E-state index contributed by atoms with van der Waals surface area (Å²) in [6, 6.07) is 4.32. The van der Waals surface area contributed by atoms with Gasteiger partial charge in [-0.1, -0.05) is 6.92 Å². The maximum Gasteiger partial charge on any atom is 0.257 e. The lowest BCUT2D eigenvalue weighted by Gasteiger charge is -2.31. The van der Waals surface area contributed by atoms with Gasteiger partial charge in [-0.15, -0.1) is 5.10 Å². The number of nitrogens with one attached hydrogen (secondary N) is 1. The van der Waals surface area contributed by atoms with Gasteiger partial charge in [-0.05, 0) is 17.7 Å². The summed E-state index contributed by atoms with van der Waals surface area (Å²) in [4.78, 5) is 9.30. The van der Waals surface area contributed by atoms with E-state index in [0.717, 1.165) is 17.5 Å². The van der Waals surface area contributed by atoms with Crippen LogP contribution in [0.4, 0.5) is 11.6 Å². The first kappa shape index (κ1) is 21.9. The van der Waals surface area contributed by atoms with Crippen molar-refractivity contribution >= 4 is 46.2 Å². The highest BCUT2D eigenvalue weighted by atomic mass is 16.6. The van der Waals surface area contributed by atoms with Crippen LogP contribution in [0.3, 0.4) is 0 Å². The molecule has 33 heavy (non-hydrogen) atoms. The fraction of sp³-hybridized carbons (Fsp3) is 0.500. The first-order valence-electron chi connectivity index (χ1n) is 11.3. The van der Waals surface area contributed by atoms with Gasteiger partial charge in [-0.2, -0.15) is 10.2 Å². The Balaban J connectivity index is 1.51. The van der Waals surface area contributed by atoms with Gasteiger partial charge in [0, 0.05) is 30.1 Å². The second kappa shape index (κ2) is 8.43. The first-order valence-corrected chi connectivity index (χ1v) is 11.3. The fourth-order valence-electron chi connectivity index (χ4n) is 4.18. The molecule has 0 bridgehead atoms. The van der Waals surface area contributed by atoms with Crippen LogP contribution in [-0.4, -0.2) is 80.4 Å². The smallest absolute Gasteiger partial charge is 0.257 e. The van der Waals surface area contributed by atoms with Crippen molar-refractivity contribution in [3.8, 4) is 11.9 Å². The number of aromatic nitrogens is 5. The topological polar surface area (TPSA) is 112 Å². The Morgan fingerprint density at radius 3 is 2.76 bits per heavy atom. The molecule has 0 aromatic carbocycles. The minimum atomic E-state index is -0.214. The zero-order valence-corrected chi connectivity index (χ0v) is 19.4. The van der Waals surface area contributed by atoms with Crippen LogP contribution in [0.25, 0.3) is 11.0 Å². The summed E-state index contributed by atoms with van der Waals surface area (Å²) >= 11 is 0. The minimum Gasteiger partial charge on any atom is -0.467 e. The van der Waals surface area contributed by atoms with Crippen LogP contribution < -0.4 is 10.1 Å². The average molecular weight is 445 g/mol. The monoisotopic (exact) mass is 445 g/mol. The molecular weight excluding hydrogens is 419 g/mol. The molecule has 1 unspecified atom stereocenters. The molecule has 2 atom stereocenters. The van der Waals surface area contributed by atoms with Gasteiger partial charge < -0.3 is 24.1 Å². The zero-order valence-electron chi connectivity index (χ0n) is 19.4. The number of rotatable bonds is 6. The molecule has 0 aliphatic carbocycles. The first-order chi connectivity index (χ1) is 15.8. The predicted molar refractivity (Wildman–Crippen MR) is 130 cm³/mol. The van der Waals surface area contributed by atoms with Crippen LogP contribution in [0.1, 0.15) is 25.1 Å². The molecule has 2 saturated heterocycles. The maximum absolute atomic E-state index is 9.77. The normalized spacial score (nSPS) is 21.5. The number of nitrogens with zero attached hydrogens (tertiary/aromatic N) is 6. The van der Waals surface area contributed by atoms with Gasteiger partial charge in [0.2, 0.25) is 5.95 Å². The van der Waals surface area contributed by atoms with E-state index in [1.54, 1.807) is 6.20 Å². The second-order valence-electron chi connectivity index (χ2n) is 9.76. The molecule has 5 rings (SSSR count). The van der Waals surface area contributed by atoms with E-state index in [4.69, 9.17) is 19.2 Å². The third-order valence-corrected chi connectivity index (χ3v) is 6.12. The van der Waals surface area contributed by atoms with Crippen LogP contribution in [0, 0.1) is 17.2 Å². The number of anilines is 2. The Bertz CT molecular complexity index is 1210. The Morgan fingerprint density at radius 2 is 2.09 bits per heavy atom. The zero-order chi connectivity index (χ0) is 23.2. The molecule has 0 amide bonds. The third kappa shape index (κ3) is 4.21. The molecule has 0 radical (unpaired) electrons. The average Bonchev–Trinajstić information content (AvgIpc) is 3.32. The summed E-state index contributed by atoms with van der Waals surface area (Å²) in [6.07, 6.45) is 4.48. The summed E-state index contributed by atoms with van der Waals surface area (Å²) in [7, 11) is 6.23. The molecule has 3 aromatic rings. The molecule has 5 heterocycles. The quantitative estimate of drug-likeness (QED) is 0.486. The number of ether oxygens (including phenoxy) is 3. The molecule has 0 spiro atoms. The van der Waals surface area contributed by atoms with Gasteiger partial charge in [-0.3, -0.25) is 4.68 Å². The molecular formula is C20H26B3N7O3. The standard InChI is InChI=1S/C20H26B3N7O3/c1-11-8-31-3-2-16(11)30-13(5-24)4-12-6-25-19(27-17(12)30)26-15-7-29(20(21,22)23)28-18(15)33-14-9-32-10-14/h4,6-7,11,14,16H,2-3,8-10,21-23H2,1H3,(H,25,26,27)/t11-,16?/m1/s1. The van der Waals surface area contributed by atoms with Gasteiger partial charge >= 0.3 is 0 Å². The second-order valence-corrected chi connectivity index (χ2v) is 9.76. The molecule has 13 heteroatoms. The summed E-state index contributed by atoms with van der Waals surface area (Å²) < 4.78 is 20.8. The van der Waals surface area contributed by atoms with E-state index in [1.807, 2.05) is 21.5 Å². The van der Waals surface area contributed by atoms with Crippen LogP contribution in [0.2, 0.25) is 0 Å². The summed E-state index contributed by atoms with van der Waals surface area (Å²) in [5.74, 6) is 1.20. The van der Waals surface area contributed by atoms with E-state index < -0.39 is 0 Å². The van der Waals surface area contributed by atoms with Gasteiger partial charge in [0.25, 0.3) is 5.88 Å². The van der Waals surface area contributed by atoms with Crippen molar-refractivity contribution in [3.05, 3.63) is 24.2 Å². The van der Waals surface area contributed by atoms with Crippen LogP contribution >= 0.6 is 0 Å². The van der Waals surface area contributed by atoms with E-state index >= 15 is 0 Å². The van der Waals surface area contributed by atoms with E-state index in [2.05, 4.69) is 51.9 Å². The van der Waals surface area contributed by atoms with E-state index in [0.29, 0.717) is 49.6 Å². The van der Waals surface area contributed by atoms with E-state index in [9.17, 15) is 5.26 Å². The predicted octanol–water partition coefficient (Wildman–Crippen LogP) is -0.915. The lowest BCUT2D eigenvalue weighted by molar-refractivity contribution is -0.0812.